The molecule has 0 aromatic heterocycles. The molecule has 0 aliphatic carbocycles. The zero-order valence-corrected chi connectivity index (χ0v) is 13.4. The van der Waals surface area contributed by atoms with E-state index in [1.807, 2.05) is 24.3 Å². The molecule has 2 aromatic carbocycles. The molecule has 0 radical (unpaired) electrons. The molecule has 0 saturated heterocycles. The Labute approximate surface area is 140 Å². The zero-order valence-electron chi connectivity index (χ0n) is 13.4. The van der Waals surface area contributed by atoms with E-state index in [9.17, 15) is 9.59 Å². The maximum atomic E-state index is 12.1. The van der Waals surface area contributed by atoms with Crippen molar-refractivity contribution in [3.63, 3.8) is 0 Å². The van der Waals surface area contributed by atoms with Gasteiger partial charge in [0.05, 0.1) is 7.11 Å². The third kappa shape index (κ3) is 4.71. The van der Waals surface area contributed by atoms with Crippen LogP contribution in [0.15, 0.2) is 54.6 Å². The molecule has 124 valence electrons. The molecule has 0 bridgehead atoms. The first-order chi connectivity index (χ1) is 11.5. The number of hydrogen-bond acceptors (Lipinski definition) is 4. The molecule has 5 nitrogen and oxygen atoms in total. The maximum absolute atomic E-state index is 12.1. The Balaban J connectivity index is 2.01. The smallest absolute Gasteiger partial charge is 0.344 e. The minimum atomic E-state index is -1.04. The Kier molecular flexibility index (Phi) is 5.73. The number of hydrogen-bond donors (Lipinski definition) is 1. The van der Waals surface area contributed by atoms with Gasteiger partial charge in [0.15, 0.2) is 11.9 Å². The molecule has 24 heavy (non-hydrogen) atoms. The van der Waals surface area contributed by atoms with Crippen molar-refractivity contribution in [1.29, 1.82) is 0 Å². The number of allylic oxidation sites excluding steroid dienone is 1. The highest BCUT2D eigenvalue weighted by molar-refractivity contribution is 6.06. The summed E-state index contributed by atoms with van der Waals surface area (Å²) in [4.78, 5) is 22.9. The molecule has 0 aliphatic rings. The van der Waals surface area contributed by atoms with Crippen LogP contribution in [0, 0.1) is 0 Å². The Morgan fingerprint density at radius 3 is 2.12 bits per heavy atom. The van der Waals surface area contributed by atoms with Crippen molar-refractivity contribution in [3.05, 3.63) is 65.7 Å². The van der Waals surface area contributed by atoms with Gasteiger partial charge in [0.1, 0.15) is 11.5 Å². The summed E-state index contributed by atoms with van der Waals surface area (Å²) in [5.74, 6) is -0.0357. The van der Waals surface area contributed by atoms with E-state index in [0.29, 0.717) is 11.3 Å². The van der Waals surface area contributed by atoms with E-state index in [-0.39, 0.29) is 5.78 Å². The Morgan fingerprint density at radius 1 is 1.00 bits per heavy atom. The van der Waals surface area contributed by atoms with E-state index in [1.165, 1.54) is 13.0 Å². The van der Waals surface area contributed by atoms with Gasteiger partial charge in [0.25, 0.3) is 0 Å². The first kappa shape index (κ1) is 17.3. The molecular weight excluding hydrogens is 308 g/mol. The van der Waals surface area contributed by atoms with Crippen LogP contribution in [0.1, 0.15) is 22.8 Å². The number of carbonyl (C=O) groups excluding carboxylic acids is 1. The van der Waals surface area contributed by atoms with Crippen molar-refractivity contribution >= 4 is 17.8 Å². The molecule has 1 atom stereocenters. The van der Waals surface area contributed by atoms with Gasteiger partial charge in [-0.2, -0.15) is 0 Å². The molecular formula is C19H18O5. The van der Waals surface area contributed by atoms with Gasteiger partial charge in [-0.15, -0.1) is 0 Å². The fraction of sp³-hybridized carbons (Fsp3) is 0.158. The van der Waals surface area contributed by atoms with Crippen molar-refractivity contribution in [2.45, 2.75) is 13.0 Å². The molecule has 1 N–H and O–H groups in total. The summed E-state index contributed by atoms with van der Waals surface area (Å²) in [5, 5.41) is 8.80. The number of benzene rings is 2. The maximum Gasteiger partial charge on any atom is 0.344 e. The second-order valence-electron chi connectivity index (χ2n) is 5.09. The van der Waals surface area contributed by atoms with Crippen molar-refractivity contribution in [1.82, 2.24) is 0 Å². The largest absolute Gasteiger partial charge is 0.497 e. The standard InChI is InChI=1S/C19H18O5/c1-13(19(21)22)24-17-10-6-15(7-11-17)18(20)12-5-14-3-8-16(23-2)9-4-14/h3-13H,1-2H3,(H,21,22). The van der Waals surface area contributed by atoms with Crippen LogP contribution in [0.4, 0.5) is 0 Å². The number of ketones is 1. The number of carboxylic acids is 1. The number of carbonyl (C=O) groups is 2. The van der Waals surface area contributed by atoms with Gasteiger partial charge >= 0.3 is 5.97 Å². The molecule has 0 aliphatic heterocycles. The highest BCUT2D eigenvalue weighted by atomic mass is 16.5. The second kappa shape index (κ2) is 7.97. The highest BCUT2D eigenvalue weighted by Gasteiger charge is 2.12. The summed E-state index contributed by atoms with van der Waals surface area (Å²) in [7, 11) is 1.60. The van der Waals surface area contributed by atoms with Gasteiger partial charge in [-0.3, -0.25) is 4.79 Å². The summed E-state index contributed by atoms with van der Waals surface area (Å²) in [6.07, 6.45) is 2.26. The lowest BCUT2D eigenvalue weighted by Crippen LogP contribution is -2.22. The number of aliphatic carboxylic acids is 1. The van der Waals surface area contributed by atoms with Crippen LogP contribution in [-0.2, 0) is 4.79 Å². The summed E-state index contributed by atoms with van der Waals surface area (Å²) in [6.45, 7) is 1.44. The highest BCUT2D eigenvalue weighted by Crippen LogP contribution is 2.16. The van der Waals surface area contributed by atoms with Crippen LogP contribution in [0.3, 0.4) is 0 Å². The Hall–Kier alpha value is -3.08. The minimum absolute atomic E-state index is 0.149. The van der Waals surface area contributed by atoms with Gasteiger partial charge in [-0.25, -0.2) is 4.79 Å². The minimum Gasteiger partial charge on any atom is -0.497 e. The lowest BCUT2D eigenvalue weighted by Gasteiger charge is -2.10. The molecule has 0 amide bonds. The molecule has 2 aromatic rings. The van der Waals surface area contributed by atoms with Crippen molar-refractivity contribution < 1.29 is 24.2 Å². The summed E-state index contributed by atoms with van der Waals surface area (Å²) in [6, 6.07) is 13.7. The second-order valence-corrected chi connectivity index (χ2v) is 5.09. The van der Waals surface area contributed by atoms with Crippen LogP contribution < -0.4 is 9.47 Å². The molecule has 1 unspecified atom stereocenters. The molecule has 0 saturated carbocycles. The third-order valence-corrected chi connectivity index (χ3v) is 3.34. The molecule has 0 heterocycles. The molecule has 5 heteroatoms. The fourth-order valence-electron chi connectivity index (χ4n) is 1.94. The molecule has 0 fully saturated rings. The summed E-state index contributed by atoms with van der Waals surface area (Å²) >= 11 is 0. The SMILES string of the molecule is COc1ccc(C=CC(=O)c2ccc(OC(C)C(=O)O)cc2)cc1. The number of ether oxygens (including phenoxy) is 2. The number of carboxylic acid groups (broad SMARTS) is 1. The fourth-order valence-corrected chi connectivity index (χ4v) is 1.94. The third-order valence-electron chi connectivity index (χ3n) is 3.34. The van der Waals surface area contributed by atoms with Gasteiger partial charge in [-0.1, -0.05) is 18.2 Å². The van der Waals surface area contributed by atoms with Crippen LogP contribution >= 0.6 is 0 Å². The van der Waals surface area contributed by atoms with E-state index in [1.54, 1.807) is 37.5 Å². The van der Waals surface area contributed by atoms with Gasteiger partial charge in [0, 0.05) is 5.56 Å². The van der Waals surface area contributed by atoms with Crippen LogP contribution in [-0.4, -0.2) is 30.1 Å². The van der Waals surface area contributed by atoms with E-state index < -0.39 is 12.1 Å². The van der Waals surface area contributed by atoms with E-state index >= 15 is 0 Å². The quantitative estimate of drug-likeness (QED) is 0.623. The Bertz CT molecular complexity index is 729. The van der Waals surface area contributed by atoms with E-state index in [2.05, 4.69) is 0 Å². The number of rotatable bonds is 7. The lowest BCUT2D eigenvalue weighted by molar-refractivity contribution is -0.144. The van der Waals surface area contributed by atoms with Crippen molar-refractivity contribution in [3.8, 4) is 11.5 Å². The molecule has 2 rings (SSSR count). The van der Waals surface area contributed by atoms with E-state index in [0.717, 1.165) is 11.3 Å². The first-order valence-corrected chi connectivity index (χ1v) is 7.35. The van der Waals surface area contributed by atoms with Crippen molar-refractivity contribution in [2.24, 2.45) is 0 Å². The normalized spacial score (nSPS) is 11.9. The first-order valence-electron chi connectivity index (χ1n) is 7.35. The Morgan fingerprint density at radius 2 is 1.58 bits per heavy atom. The topological polar surface area (TPSA) is 72.8 Å². The van der Waals surface area contributed by atoms with Gasteiger partial charge < -0.3 is 14.6 Å². The van der Waals surface area contributed by atoms with E-state index in [4.69, 9.17) is 14.6 Å². The van der Waals surface area contributed by atoms with Crippen LogP contribution in [0.2, 0.25) is 0 Å². The van der Waals surface area contributed by atoms with Gasteiger partial charge in [0.2, 0.25) is 0 Å². The zero-order chi connectivity index (χ0) is 17.5. The molecule has 0 spiro atoms. The summed E-state index contributed by atoms with van der Waals surface area (Å²) < 4.78 is 10.3. The number of methoxy groups -OCH3 is 1. The van der Waals surface area contributed by atoms with Crippen LogP contribution in [0.25, 0.3) is 6.08 Å². The van der Waals surface area contributed by atoms with Gasteiger partial charge in [-0.05, 0) is 55.0 Å². The monoisotopic (exact) mass is 326 g/mol. The van der Waals surface area contributed by atoms with Crippen LogP contribution in [0.5, 0.6) is 11.5 Å². The lowest BCUT2D eigenvalue weighted by atomic mass is 10.1. The average molecular weight is 326 g/mol. The van der Waals surface area contributed by atoms with Crippen molar-refractivity contribution in [2.75, 3.05) is 7.11 Å². The predicted molar refractivity (Wildman–Crippen MR) is 90.5 cm³/mol. The average Bonchev–Trinajstić information content (AvgIpc) is 2.60. The predicted octanol–water partition coefficient (Wildman–Crippen LogP) is 3.44. The summed E-state index contributed by atoms with van der Waals surface area (Å²) in [5.41, 5.74) is 1.38.